The molecular weight excluding hydrogens is 428 g/mol. The number of hydrogen-bond acceptors (Lipinski definition) is 4. The normalized spacial score (nSPS) is 29.2. The first-order valence-corrected chi connectivity index (χ1v) is 11.3. The van der Waals surface area contributed by atoms with Crippen molar-refractivity contribution in [1.82, 2.24) is 5.32 Å². The molecular formula is C25H39ClN2O4. The molecule has 0 bridgehead atoms. The first kappa shape index (κ1) is 28.0. The molecule has 0 spiro atoms. The lowest BCUT2D eigenvalue weighted by Gasteiger charge is -2.16. The van der Waals surface area contributed by atoms with Crippen molar-refractivity contribution < 1.29 is 37.2 Å². The monoisotopic (exact) mass is 466 g/mol. The van der Waals surface area contributed by atoms with E-state index in [1.807, 2.05) is 6.08 Å². The first-order valence-electron chi connectivity index (χ1n) is 11.3. The first-order chi connectivity index (χ1) is 14.9. The van der Waals surface area contributed by atoms with E-state index in [1.165, 1.54) is 12.8 Å². The molecule has 0 heterocycles. The van der Waals surface area contributed by atoms with Crippen molar-refractivity contribution in [1.29, 1.82) is 0 Å². The van der Waals surface area contributed by atoms with Gasteiger partial charge in [0.25, 0.3) is 0 Å². The number of hydrogen-bond donors (Lipinski definition) is 2. The summed E-state index contributed by atoms with van der Waals surface area (Å²) >= 11 is 0. The van der Waals surface area contributed by atoms with Gasteiger partial charge in [0, 0.05) is 17.4 Å². The maximum Gasteiger partial charge on any atom is 0.407 e. The molecule has 0 aliphatic heterocycles. The average molecular weight is 467 g/mol. The molecule has 2 aliphatic rings. The molecule has 2 aliphatic carbocycles. The van der Waals surface area contributed by atoms with Crippen LogP contribution < -0.4 is 23.5 Å². The van der Waals surface area contributed by atoms with Crippen molar-refractivity contribution in [2.75, 3.05) is 26.3 Å². The standard InChI is InChI=1S/C25H38N2O4.ClH/c1-5-18-11-21(22(12-18)15-26)8-7-19-13-20(6-2)23(14-19)16-31-25(29)27-9-10-30-24(28)17(3)4;/h5-8,18-23H,1-3,9-16,26H2,4H3,(H,27,29);1H. The lowest BCUT2D eigenvalue weighted by Crippen LogP contribution is -3.00. The van der Waals surface area contributed by atoms with E-state index in [9.17, 15) is 9.59 Å². The lowest BCUT2D eigenvalue weighted by molar-refractivity contribution is -0.380. The molecule has 7 heteroatoms. The number of quaternary nitrogens is 1. The van der Waals surface area contributed by atoms with Gasteiger partial charge in [-0.1, -0.05) is 30.9 Å². The van der Waals surface area contributed by atoms with E-state index < -0.39 is 12.1 Å². The second kappa shape index (κ2) is 14.2. The van der Waals surface area contributed by atoms with Crippen LogP contribution >= 0.6 is 0 Å². The summed E-state index contributed by atoms with van der Waals surface area (Å²) in [6.45, 7) is 14.7. The maximum absolute atomic E-state index is 11.9. The summed E-state index contributed by atoms with van der Waals surface area (Å²) in [6, 6.07) is 0. The summed E-state index contributed by atoms with van der Waals surface area (Å²) in [6.07, 6.45) is 12.7. The molecule has 2 rings (SSSR count). The van der Waals surface area contributed by atoms with Crippen molar-refractivity contribution in [3.63, 3.8) is 0 Å². The van der Waals surface area contributed by atoms with E-state index in [0.717, 1.165) is 19.4 Å². The van der Waals surface area contributed by atoms with Crippen LogP contribution in [0.2, 0.25) is 0 Å². The Balaban J connectivity index is 0.00000512. The molecule has 2 fully saturated rings. The number of rotatable bonds is 11. The highest BCUT2D eigenvalue weighted by molar-refractivity contribution is 5.86. The Morgan fingerprint density at radius 2 is 1.69 bits per heavy atom. The van der Waals surface area contributed by atoms with Crippen molar-refractivity contribution >= 4 is 12.1 Å². The third-order valence-electron chi connectivity index (χ3n) is 6.59. The molecule has 180 valence electrons. The summed E-state index contributed by atoms with van der Waals surface area (Å²) in [5.41, 5.74) is 4.45. The van der Waals surface area contributed by atoms with E-state index in [2.05, 4.69) is 49.0 Å². The quantitative estimate of drug-likeness (QED) is 0.198. The van der Waals surface area contributed by atoms with Gasteiger partial charge < -0.3 is 32.9 Å². The smallest absolute Gasteiger partial charge is 0.407 e. The molecule has 0 aromatic carbocycles. The number of allylic oxidation sites excluding steroid dienone is 4. The lowest BCUT2D eigenvalue weighted by atomic mass is 9.93. The predicted molar refractivity (Wildman–Crippen MR) is 122 cm³/mol. The number of ether oxygens (including phenoxy) is 2. The van der Waals surface area contributed by atoms with Crippen LogP contribution in [-0.4, -0.2) is 38.4 Å². The third kappa shape index (κ3) is 8.47. The van der Waals surface area contributed by atoms with Crippen LogP contribution in [0, 0.1) is 35.5 Å². The Morgan fingerprint density at radius 3 is 2.31 bits per heavy atom. The Kier molecular flexibility index (Phi) is 12.4. The number of halogens is 1. The van der Waals surface area contributed by atoms with Crippen LogP contribution in [-0.2, 0) is 14.3 Å². The number of carbonyl (C=O) groups excluding carboxylic acids is 2. The maximum atomic E-state index is 11.9. The topological polar surface area (TPSA) is 92.3 Å². The van der Waals surface area contributed by atoms with Crippen LogP contribution in [0.4, 0.5) is 4.79 Å². The Labute approximate surface area is 198 Å². The summed E-state index contributed by atoms with van der Waals surface area (Å²) < 4.78 is 10.3. The molecule has 6 nitrogen and oxygen atoms in total. The average Bonchev–Trinajstić information content (AvgIpc) is 3.36. The summed E-state index contributed by atoms with van der Waals surface area (Å²) in [5.74, 6) is 2.47. The minimum Gasteiger partial charge on any atom is -1.00 e. The molecule has 0 radical (unpaired) electrons. The van der Waals surface area contributed by atoms with Crippen molar-refractivity contribution in [2.45, 2.75) is 32.6 Å². The fourth-order valence-electron chi connectivity index (χ4n) is 4.76. The summed E-state index contributed by atoms with van der Waals surface area (Å²) in [4.78, 5) is 23.2. The van der Waals surface area contributed by atoms with Gasteiger partial charge in [-0.05, 0) is 56.3 Å². The minimum atomic E-state index is -0.493. The second-order valence-electron chi connectivity index (χ2n) is 8.90. The number of amides is 1. The molecule has 6 atom stereocenters. The minimum absolute atomic E-state index is 0. The number of nitrogens with one attached hydrogen (secondary N) is 1. The van der Waals surface area contributed by atoms with Gasteiger partial charge >= 0.3 is 12.1 Å². The third-order valence-corrected chi connectivity index (χ3v) is 6.59. The van der Waals surface area contributed by atoms with E-state index >= 15 is 0 Å². The zero-order valence-corrected chi connectivity index (χ0v) is 20.0. The highest BCUT2D eigenvalue weighted by atomic mass is 35.5. The molecule has 2 saturated carbocycles. The van der Waals surface area contributed by atoms with E-state index in [0.29, 0.717) is 41.8 Å². The molecule has 0 aromatic rings. The van der Waals surface area contributed by atoms with Crippen LogP contribution in [0.1, 0.15) is 32.6 Å². The molecule has 6 unspecified atom stereocenters. The van der Waals surface area contributed by atoms with Gasteiger partial charge in [0.15, 0.2) is 0 Å². The van der Waals surface area contributed by atoms with Crippen LogP contribution in [0.5, 0.6) is 0 Å². The van der Waals surface area contributed by atoms with E-state index in [-0.39, 0.29) is 31.5 Å². The number of alkyl carbamates (subject to hydrolysis) is 1. The Morgan fingerprint density at radius 1 is 1.00 bits per heavy atom. The highest BCUT2D eigenvalue weighted by Gasteiger charge is 2.34. The van der Waals surface area contributed by atoms with Gasteiger partial charge in [0.05, 0.1) is 19.7 Å². The Hall–Kier alpha value is -2.05. The fraction of sp³-hybridized carbons (Fsp3) is 0.600. The zero-order chi connectivity index (χ0) is 22.8. The SMILES string of the molecule is C=CC1CC(C=CC2CC(C=C)C(COC(=O)NCCOC(=O)C(=C)C)C2)C(C[NH3+])C1.[Cl-]. The highest BCUT2D eigenvalue weighted by Crippen LogP contribution is 2.41. The summed E-state index contributed by atoms with van der Waals surface area (Å²) in [5, 5.41) is 2.61. The molecule has 32 heavy (non-hydrogen) atoms. The second-order valence-corrected chi connectivity index (χ2v) is 8.90. The summed E-state index contributed by atoms with van der Waals surface area (Å²) in [7, 11) is 0. The van der Waals surface area contributed by atoms with Gasteiger partial charge in [0.1, 0.15) is 6.61 Å². The Bertz CT molecular complexity index is 693. The van der Waals surface area contributed by atoms with Crippen molar-refractivity contribution in [3.05, 3.63) is 49.6 Å². The van der Waals surface area contributed by atoms with Gasteiger partial charge in [-0.2, -0.15) is 0 Å². The molecule has 1 amide bonds. The zero-order valence-electron chi connectivity index (χ0n) is 19.3. The van der Waals surface area contributed by atoms with Crippen LogP contribution in [0.25, 0.3) is 0 Å². The van der Waals surface area contributed by atoms with Crippen molar-refractivity contribution in [2.24, 2.45) is 35.5 Å². The van der Waals surface area contributed by atoms with Crippen LogP contribution in [0.3, 0.4) is 0 Å². The van der Waals surface area contributed by atoms with Gasteiger partial charge in [-0.3, -0.25) is 0 Å². The van der Waals surface area contributed by atoms with Crippen LogP contribution in [0.15, 0.2) is 49.6 Å². The van der Waals surface area contributed by atoms with Gasteiger partial charge in [0.2, 0.25) is 0 Å². The molecule has 0 aromatic heterocycles. The van der Waals surface area contributed by atoms with Gasteiger partial charge in [-0.25, -0.2) is 9.59 Å². The number of carbonyl (C=O) groups is 2. The number of esters is 1. The molecule has 4 N–H and O–H groups in total. The largest absolute Gasteiger partial charge is 1.00 e. The van der Waals surface area contributed by atoms with Crippen molar-refractivity contribution in [3.8, 4) is 0 Å². The van der Waals surface area contributed by atoms with E-state index in [1.54, 1.807) is 6.92 Å². The van der Waals surface area contributed by atoms with Gasteiger partial charge in [-0.15, -0.1) is 13.2 Å². The molecule has 0 saturated heterocycles. The fourth-order valence-corrected chi connectivity index (χ4v) is 4.76. The van der Waals surface area contributed by atoms with E-state index in [4.69, 9.17) is 9.47 Å². The predicted octanol–water partition coefficient (Wildman–Crippen LogP) is 0.291.